The van der Waals surface area contributed by atoms with Crippen molar-refractivity contribution in [3.63, 3.8) is 0 Å². The summed E-state index contributed by atoms with van der Waals surface area (Å²) in [5, 5.41) is 3.27. The second kappa shape index (κ2) is 9.69. The molecule has 1 aromatic rings. The van der Waals surface area contributed by atoms with Crippen molar-refractivity contribution >= 4 is 5.97 Å². The fraction of sp³-hybridized carbons (Fsp3) is 0.250. The van der Waals surface area contributed by atoms with Gasteiger partial charge in [-0.2, -0.15) is 0 Å². The Bertz CT molecular complexity index is 479. The number of allylic oxidation sites excluding steroid dienone is 2. The molecule has 1 heterocycles. The second-order valence-corrected chi connectivity index (χ2v) is 4.02. The predicted molar refractivity (Wildman–Crippen MR) is 80.2 cm³/mol. The number of aromatic nitrogens is 1. The fourth-order valence-electron chi connectivity index (χ4n) is 1.52. The van der Waals surface area contributed by atoms with Gasteiger partial charge in [-0.15, -0.1) is 0 Å². The zero-order chi connectivity index (χ0) is 14.6. The normalized spacial score (nSPS) is 11.6. The fourth-order valence-corrected chi connectivity index (χ4v) is 1.52. The Morgan fingerprint density at radius 2 is 2.35 bits per heavy atom. The van der Waals surface area contributed by atoms with E-state index in [9.17, 15) is 4.79 Å². The summed E-state index contributed by atoms with van der Waals surface area (Å²) >= 11 is 0. The summed E-state index contributed by atoms with van der Waals surface area (Å²) in [6.45, 7) is 5.15. The Morgan fingerprint density at radius 3 is 3.00 bits per heavy atom. The third kappa shape index (κ3) is 6.11. The Balaban J connectivity index is 2.23. The first kappa shape index (κ1) is 15.9. The molecule has 0 aromatic carbocycles. The standard InChI is InChI=1S/C16H20N2O2/c1-3-14(16(19)20-2)8-4-6-11-17-13-10-15-9-5-7-12-18-15/h3-9,12,17H,1,10-11,13H2,2H3/b6-4+,14-8+. The van der Waals surface area contributed by atoms with E-state index in [-0.39, 0.29) is 5.97 Å². The number of carbonyl (C=O) groups excluding carboxylic acids is 1. The van der Waals surface area contributed by atoms with Crippen LogP contribution in [-0.4, -0.2) is 31.2 Å². The smallest absolute Gasteiger partial charge is 0.337 e. The van der Waals surface area contributed by atoms with Gasteiger partial charge in [-0.25, -0.2) is 4.79 Å². The molecule has 0 spiro atoms. The third-order valence-corrected chi connectivity index (χ3v) is 2.60. The summed E-state index contributed by atoms with van der Waals surface area (Å²) in [5.74, 6) is -0.382. The van der Waals surface area contributed by atoms with Gasteiger partial charge in [0.25, 0.3) is 0 Å². The third-order valence-electron chi connectivity index (χ3n) is 2.60. The minimum absolute atomic E-state index is 0.382. The minimum atomic E-state index is -0.382. The maximum absolute atomic E-state index is 11.2. The van der Waals surface area contributed by atoms with Crippen molar-refractivity contribution in [1.82, 2.24) is 10.3 Å². The van der Waals surface area contributed by atoms with Crippen LogP contribution in [0, 0.1) is 0 Å². The molecule has 0 unspecified atom stereocenters. The van der Waals surface area contributed by atoms with Gasteiger partial charge >= 0.3 is 5.97 Å². The van der Waals surface area contributed by atoms with E-state index in [1.807, 2.05) is 30.4 Å². The highest BCUT2D eigenvalue weighted by atomic mass is 16.5. The van der Waals surface area contributed by atoms with Crippen LogP contribution in [0.2, 0.25) is 0 Å². The number of esters is 1. The zero-order valence-electron chi connectivity index (χ0n) is 11.7. The molecule has 0 atom stereocenters. The summed E-state index contributed by atoms with van der Waals surface area (Å²) in [7, 11) is 1.35. The number of carbonyl (C=O) groups is 1. The van der Waals surface area contributed by atoms with Gasteiger partial charge in [0.1, 0.15) is 0 Å². The molecule has 0 aliphatic heterocycles. The van der Waals surface area contributed by atoms with Crippen molar-refractivity contribution in [2.45, 2.75) is 6.42 Å². The van der Waals surface area contributed by atoms with Crippen molar-refractivity contribution in [1.29, 1.82) is 0 Å². The molecule has 4 nitrogen and oxygen atoms in total. The molecule has 1 aromatic heterocycles. The Labute approximate surface area is 119 Å². The molecule has 0 radical (unpaired) electrons. The number of methoxy groups -OCH3 is 1. The van der Waals surface area contributed by atoms with Crippen LogP contribution in [-0.2, 0) is 16.0 Å². The molecular weight excluding hydrogens is 252 g/mol. The van der Waals surface area contributed by atoms with Gasteiger partial charge in [-0.3, -0.25) is 4.98 Å². The van der Waals surface area contributed by atoms with Crippen LogP contribution in [0.3, 0.4) is 0 Å². The maximum Gasteiger partial charge on any atom is 0.337 e. The van der Waals surface area contributed by atoms with Crippen LogP contribution in [0.15, 0.2) is 60.9 Å². The molecule has 0 bridgehead atoms. The lowest BCUT2D eigenvalue weighted by molar-refractivity contribution is -0.135. The SMILES string of the molecule is C=C/C(=C\C=C\CNCCc1ccccn1)C(=O)OC. The summed E-state index contributed by atoms with van der Waals surface area (Å²) in [4.78, 5) is 15.5. The summed E-state index contributed by atoms with van der Waals surface area (Å²) in [5.41, 5.74) is 1.51. The molecule has 1 rings (SSSR count). The lowest BCUT2D eigenvalue weighted by atomic mass is 10.2. The first-order valence-corrected chi connectivity index (χ1v) is 6.46. The Hall–Kier alpha value is -2.20. The summed E-state index contributed by atoms with van der Waals surface area (Å²) < 4.78 is 4.61. The van der Waals surface area contributed by atoms with Crippen molar-refractivity contribution in [3.05, 3.63) is 66.5 Å². The van der Waals surface area contributed by atoms with Gasteiger partial charge in [0.2, 0.25) is 0 Å². The molecule has 4 heteroatoms. The van der Waals surface area contributed by atoms with E-state index in [1.54, 1.807) is 12.3 Å². The quantitative estimate of drug-likeness (QED) is 0.340. The maximum atomic E-state index is 11.2. The minimum Gasteiger partial charge on any atom is -0.465 e. The second-order valence-electron chi connectivity index (χ2n) is 4.02. The topological polar surface area (TPSA) is 51.2 Å². The van der Waals surface area contributed by atoms with Gasteiger partial charge < -0.3 is 10.1 Å². The summed E-state index contributed by atoms with van der Waals surface area (Å²) in [6.07, 6.45) is 9.59. The summed E-state index contributed by atoms with van der Waals surface area (Å²) in [6, 6.07) is 5.90. The van der Waals surface area contributed by atoms with E-state index in [0.717, 1.165) is 25.2 Å². The largest absolute Gasteiger partial charge is 0.465 e. The van der Waals surface area contributed by atoms with Crippen molar-refractivity contribution in [3.8, 4) is 0 Å². The Kier molecular flexibility index (Phi) is 7.69. The molecule has 0 aliphatic carbocycles. The van der Waals surface area contributed by atoms with E-state index in [2.05, 4.69) is 21.6 Å². The number of nitrogens with one attached hydrogen (secondary N) is 1. The van der Waals surface area contributed by atoms with Crippen molar-refractivity contribution in [2.75, 3.05) is 20.2 Å². The first-order chi connectivity index (χ1) is 9.77. The lowest BCUT2D eigenvalue weighted by Crippen LogP contribution is -2.17. The van der Waals surface area contributed by atoms with Gasteiger partial charge in [-0.05, 0) is 18.2 Å². The molecule has 0 aliphatic rings. The van der Waals surface area contributed by atoms with Gasteiger partial charge in [0, 0.05) is 31.4 Å². The highest BCUT2D eigenvalue weighted by Gasteiger charge is 2.02. The monoisotopic (exact) mass is 272 g/mol. The molecule has 1 N–H and O–H groups in total. The molecule has 0 saturated heterocycles. The van der Waals surface area contributed by atoms with Crippen LogP contribution in [0.25, 0.3) is 0 Å². The Morgan fingerprint density at radius 1 is 1.50 bits per heavy atom. The first-order valence-electron chi connectivity index (χ1n) is 6.46. The van der Waals surface area contributed by atoms with Crippen LogP contribution in [0.1, 0.15) is 5.69 Å². The highest BCUT2D eigenvalue weighted by molar-refractivity contribution is 5.91. The number of nitrogens with zero attached hydrogens (tertiary/aromatic N) is 1. The molecule has 0 fully saturated rings. The van der Waals surface area contributed by atoms with Gasteiger partial charge in [-0.1, -0.05) is 30.9 Å². The van der Waals surface area contributed by atoms with E-state index in [1.165, 1.54) is 13.2 Å². The van der Waals surface area contributed by atoms with E-state index in [4.69, 9.17) is 0 Å². The molecule has 0 amide bonds. The van der Waals surface area contributed by atoms with Crippen molar-refractivity contribution in [2.24, 2.45) is 0 Å². The molecule has 0 saturated carbocycles. The van der Waals surface area contributed by atoms with E-state index < -0.39 is 0 Å². The number of hydrogen-bond acceptors (Lipinski definition) is 4. The highest BCUT2D eigenvalue weighted by Crippen LogP contribution is 1.98. The van der Waals surface area contributed by atoms with E-state index in [0.29, 0.717) is 5.57 Å². The van der Waals surface area contributed by atoms with Crippen LogP contribution in [0.4, 0.5) is 0 Å². The van der Waals surface area contributed by atoms with Crippen LogP contribution >= 0.6 is 0 Å². The predicted octanol–water partition coefficient (Wildman–Crippen LogP) is 2.06. The number of pyridine rings is 1. The van der Waals surface area contributed by atoms with Crippen LogP contribution in [0.5, 0.6) is 0 Å². The zero-order valence-corrected chi connectivity index (χ0v) is 11.7. The van der Waals surface area contributed by atoms with Gasteiger partial charge in [0.05, 0.1) is 12.7 Å². The molecule has 20 heavy (non-hydrogen) atoms. The van der Waals surface area contributed by atoms with E-state index >= 15 is 0 Å². The average Bonchev–Trinajstić information content (AvgIpc) is 2.50. The molecular formula is C16H20N2O2. The number of hydrogen-bond donors (Lipinski definition) is 1. The average molecular weight is 272 g/mol. The lowest BCUT2D eigenvalue weighted by Gasteiger charge is -2.01. The number of rotatable bonds is 8. The van der Waals surface area contributed by atoms with Crippen LogP contribution < -0.4 is 5.32 Å². The van der Waals surface area contributed by atoms with Crippen molar-refractivity contribution < 1.29 is 9.53 Å². The van der Waals surface area contributed by atoms with Gasteiger partial charge in [0.15, 0.2) is 0 Å². The number of ether oxygens (including phenoxy) is 1. The molecule has 106 valence electrons.